The van der Waals surface area contributed by atoms with E-state index in [0.717, 1.165) is 5.69 Å². The quantitative estimate of drug-likeness (QED) is 0.663. The highest BCUT2D eigenvalue weighted by molar-refractivity contribution is 5.82. The maximum atomic E-state index is 11.5. The number of carboxylic acids is 1. The van der Waals surface area contributed by atoms with Gasteiger partial charge < -0.3 is 20.6 Å². The van der Waals surface area contributed by atoms with E-state index in [4.69, 9.17) is 15.3 Å². The largest absolute Gasteiger partial charge is 0.481 e. The van der Waals surface area contributed by atoms with Gasteiger partial charge in [0.25, 0.3) is 0 Å². The van der Waals surface area contributed by atoms with Gasteiger partial charge in [0.05, 0.1) is 18.3 Å². The monoisotopic (exact) mass is 255 g/mol. The lowest BCUT2D eigenvalue weighted by Crippen LogP contribution is -2.40. The number of nitrogens with zero attached hydrogens (tertiary/aromatic N) is 1. The molecule has 1 atom stereocenters. The highest BCUT2D eigenvalue weighted by atomic mass is 16.4. The van der Waals surface area contributed by atoms with Crippen LogP contribution in [0, 0.1) is 13.8 Å². The van der Waals surface area contributed by atoms with Crippen LogP contribution in [0.5, 0.6) is 0 Å². The highest BCUT2D eigenvalue weighted by Gasteiger charge is 2.15. The van der Waals surface area contributed by atoms with E-state index in [9.17, 15) is 9.59 Å². The van der Waals surface area contributed by atoms with Gasteiger partial charge in [0.1, 0.15) is 5.76 Å². The second-order valence-electron chi connectivity index (χ2n) is 4.01. The smallest absolute Gasteiger partial charge is 0.303 e. The van der Waals surface area contributed by atoms with Crippen molar-refractivity contribution in [3.05, 3.63) is 17.3 Å². The molecule has 7 nitrogen and oxygen atoms in total. The minimum absolute atomic E-state index is 0.102. The summed E-state index contributed by atoms with van der Waals surface area (Å²) in [5, 5.41) is 11.0. The first-order valence-electron chi connectivity index (χ1n) is 5.58. The fraction of sp³-hybridized carbons (Fsp3) is 0.545. The average molecular weight is 255 g/mol. The zero-order valence-corrected chi connectivity index (χ0v) is 10.4. The summed E-state index contributed by atoms with van der Waals surface area (Å²) in [6.45, 7) is 3.74. The van der Waals surface area contributed by atoms with Crippen molar-refractivity contribution in [3.63, 3.8) is 0 Å². The summed E-state index contributed by atoms with van der Waals surface area (Å²) >= 11 is 0. The normalized spacial score (nSPS) is 12.2. The lowest BCUT2D eigenvalue weighted by Gasteiger charge is -2.09. The minimum atomic E-state index is -0.975. The van der Waals surface area contributed by atoms with Gasteiger partial charge in [-0.3, -0.25) is 9.59 Å². The first-order valence-corrected chi connectivity index (χ1v) is 5.58. The number of carbonyl (C=O) groups excluding carboxylic acids is 1. The first kappa shape index (κ1) is 14.2. The van der Waals surface area contributed by atoms with Crippen molar-refractivity contribution in [1.29, 1.82) is 0 Å². The lowest BCUT2D eigenvalue weighted by atomic mass is 10.1. The van der Waals surface area contributed by atoms with E-state index in [-0.39, 0.29) is 19.4 Å². The third-order valence-electron chi connectivity index (χ3n) is 2.49. The Balaban J connectivity index is 2.38. The molecule has 100 valence electrons. The van der Waals surface area contributed by atoms with Crippen molar-refractivity contribution in [2.75, 3.05) is 0 Å². The fourth-order valence-corrected chi connectivity index (χ4v) is 1.32. The summed E-state index contributed by atoms with van der Waals surface area (Å²) in [5.74, 6) is -0.278. The molecule has 4 N–H and O–H groups in total. The number of hydrogen-bond acceptors (Lipinski definition) is 5. The Morgan fingerprint density at radius 1 is 1.50 bits per heavy atom. The SMILES string of the molecule is Cc1nc(CNC(=O)C(N)CCC(=O)O)oc1C. The molecule has 1 unspecified atom stereocenters. The maximum absolute atomic E-state index is 11.5. The number of carboxylic acid groups (broad SMARTS) is 1. The van der Waals surface area contributed by atoms with E-state index < -0.39 is 17.9 Å². The van der Waals surface area contributed by atoms with Crippen LogP contribution in [0.3, 0.4) is 0 Å². The Hall–Kier alpha value is -1.89. The zero-order valence-electron chi connectivity index (χ0n) is 10.4. The number of oxazole rings is 1. The second kappa shape index (κ2) is 6.15. The number of hydrogen-bond donors (Lipinski definition) is 3. The molecule has 1 rings (SSSR count). The number of carbonyl (C=O) groups is 2. The van der Waals surface area contributed by atoms with Gasteiger partial charge in [-0.2, -0.15) is 0 Å². The Morgan fingerprint density at radius 2 is 2.17 bits per heavy atom. The number of amides is 1. The van der Waals surface area contributed by atoms with E-state index in [2.05, 4.69) is 10.3 Å². The van der Waals surface area contributed by atoms with Crippen molar-refractivity contribution in [3.8, 4) is 0 Å². The molecule has 0 radical (unpaired) electrons. The van der Waals surface area contributed by atoms with Gasteiger partial charge >= 0.3 is 5.97 Å². The zero-order chi connectivity index (χ0) is 13.7. The lowest BCUT2D eigenvalue weighted by molar-refractivity contribution is -0.137. The summed E-state index contributed by atoms with van der Waals surface area (Å²) in [6, 6.07) is -0.835. The van der Waals surface area contributed by atoms with Crippen LogP contribution in [0.15, 0.2) is 4.42 Å². The van der Waals surface area contributed by atoms with Crippen LogP contribution in [0.4, 0.5) is 0 Å². The van der Waals surface area contributed by atoms with Gasteiger partial charge in [-0.15, -0.1) is 0 Å². The molecule has 1 amide bonds. The van der Waals surface area contributed by atoms with E-state index in [1.807, 2.05) is 6.92 Å². The van der Waals surface area contributed by atoms with Gasteiger partial charge in [-0.05, 0) is 20.3 Å². The van der Waals surface area contributed by atoms with Crippen molar-refractivity contribution in [2.45, 2.75) is 39.3 Å². The number of aromatic nitrogens is 1. The van der Waals surface area contributed by atoms with E-state index >= 15 is 0 Å². The average Bonchev–Trinajstić information content (AvgIpc) is 2.62. The van der Waals surface area contributed by atoms with Gasteiger partial charge in [-0.1, -0.05) is 0 Å². The molecule has 0 aliphatic rings. The Labute approximate surface area is 104 Å². The van der Waals surface area contributed by atoms with Crippen molar-refractivity contribution < 1.29 is 19.1 Å². The maximum Gasteiger partial charge on any atom is 0.303 e. The Bertz CT molecular complexity index is 422. The molecular weight excluding hydrogens is 238 g/mol. The molecule has 0 saturated carbocycles. The number of aliphatic carboxylic acids is 1. The molecule has 18 heavy (non-hydrogen) atoms. The predicted molar refractivity (Wildman–Crippen MR) is 62.7 cm³/mol. The van der Waals surface area contributed by atoms with E-state index in [1.54, 1.807) is 6.92 Å². The molecule has 0 bridgehead atoms. The molecule has 1 aromatic heterocycles. The minimum Gasteiger partial charge on any atom is -0.481 e. The van der Waals surface area contributed by atoms with Gasteiger partial charge in [0, 0.05) is 6.42 Å². The van der Waals surface area contributed by atoms with Gasteiger partial charge in [0.2, 0.25) is 11.8 Å². The number of aryl methyl sites for hydroxylation is 2. The molecule has 0 aliphatic carbocycles. The summed E-state index contributed by atoms with van der Waals surface area (Å²) in [5.41, 5.74) is 6.31. The molecule has 0 saturated heterocycles. The Kier molecular flexibility index (Phi) is 4.85. The van der Waals surface area contributed by atoms with E-state index in [1.165, 1.54) is 0 Å². The van der Waals surface area contributed by atoms with E-state index in [0.29, 0.717) is 11.7 Å². The molecule has 1 heterocycles. The molecule has 0 aromatic carbocycles. The molecule has 0 fully saturated rings. The van der Waals surface area contributed by atoms with Crippen LogP contribution in [0.2, 0.25) is 0 Å². The van der Waals surface area contributed by atoms with Crippen LogP contribution in [0.1, 0.15) is 30.2 Å². The summed E-state index contributed by atoms with van der Waals surface area (Å²) in [7, 11) is 0. The van der Waals surface area contributed by atoms with Gasteiger partial charge in [0.15, 0.2) is 0 Å². The van der Waals surface area contributed by atoms with Crippen molar-refractivity contribution in [2.24, 2.45) is 5.73 Å². The number of nitrogens with one attached hydrogen (secondary N) is 1. The third kappa shape index (κ3) is 4.17. The third-order valence-corrected chi connectivity index (χ3v) is 2.49. The topological polar surface area (TPSA) is 118 Å². The predicted octanol–water partition coefficient (Wildman–Crippen LogP) is 0.0997. The van der Waals surface area contributed by atoms with Crippen molar-refractivity contribution in [1.82, 2.24) is 10.3 Å². The van der Waals surface area contributed by atoms with Crippen LogP contribution in [0.25, 0.3) is 0 Å². The molecule has 7 heteroatoms. The van der Waals surface area contributed by atoms with Gasteiger partial charge in [-0.25, -0.2) is 4.98 Å². The summed E-state index contributed by atoms with van der Waals surface area (Å²) < 4.78 is 5.28. The van der Waals surface area contributed by atoms with Crippen molar-refractivity contribution >= 4 is 11.9 Å². The molecule has 0 spiro atoms. The van der Waals surface area contributed by atoms with Crippen LogP contribution in [-0.2, 0) is 16.1 Å². The fourth-order valence-electron chi connectivity index (χ4n) is 1.32. The van der Waals surface area contributed by atoms with Crippen LogP contribution in [-0.4, -0.2) is 28.0 Å². The second-order valence-corrected chi connectivity index (χ2v) is 4.01. The number of rotatable bonds is 6. The standard InChI is InChI=1S/C11H17N3O4/c1-6-7(2)18-9(14-6)5-13-11(17)8(12)3-4-10(15)16/h8H,3-5,12H2,1-2H3,(H,13,17)(H,15,16). The first-order chi connectivity index (χ1) is 8.40. The Morgan fingerprint density at radius 3 is 2.67 bits per heavy atom. The summed E-state index contributed by atoms with van der Waals surface area (Å²) in [4.78, 5) is 26.0. The van der Waals surface area contributed by atoms with Crippen LogP contribution >= 0.6 is 0 Å². The number of nitrogens with two attached hydrogens (primary N) is 1. The summed E-state index contributed by atoms with van der Waals surface area (Å²) in [6.07, 6.45) is -0.0311. The highest BCUT2D eigenvalue weighted by Crippen LogP contribution is 2.07. The molecule has 0 aliphatic heterocycles. The molecular formula is C11H17N3O4. The van der Waals surface area contributed by atoms with Crippen LogP contribution < -0.4 is 11.1 Å². The molecule has 1 aromatic rings.